The van der Waals surface area contributed by atoms with Crippen molar-refractivity contribution in [2.75, 3.05) is 40.9 Å². The van der Waals surface area contributed by atoms with Crippen LogP contribution >= 0.6 is 0 Å². The first-order chi connectivity index (χ1) is 13.0. The van der Waals surface area contributed by atoms with Crippen molar-refractivity contribution in [3.05, 3.63) is 59.7 Å². The van der Waals surface area contributed by atoms with E-state index in [2.05, 4.69) is 6.07 Å². The fourth-order valence-corrected chi connectivity index (χ4v) is 2.50. The molecule has 2 rings (SSSR count). The van der Waals surface area contributed by atoms with Crippen LogP contribution < -0.4 is 9.47 Å². The van der Waals surface area contributed by atoms with Gasteiger partial charge in [0, 0.05) is 25.7 Å². The zero-order valence-corrected chi connectivity index (χ0v) is 16.0. The molecule has 1 amide bonds. The molecule has 0 aliphatic carbocycles. The highest BCUT2D eigenvalue weighted by Crippen LogP contribution is 2.27. The summed E-state index contributed by atoms with van der Waals surface area (Å²) in [5.74, 6) is 0.772. The van der Waals surface area contributed by atoms with Gasteiger partial charge in [-0.1, -0.05) is 30.3 Å². The normalized spacial score (nSPS) is 10.3. The zero-order valence-electron chi connectivity index (χ0n) is 16.0. The van der Waals surface area contributed by atoms with Crippen LogP contribution in [-0.2, 0) is 11.3 Å². The molecule has 0 spiro atoms. The molecule has 6 heteroatoms. The molecule has 27 heavy (non-hydrogen) atoms. The molecule has 0 radical (unpaired) electrons. The van der Waals surface area contributed by atoms with Gasteiger partial charge in [-0.2, -0.15) is 5.26 Å². The molecule has 0 N–H and O–H groups in total. The molecule has 0 bridgehead atoms. The monoisotopic (exact) mass is 367 g/mol. The smallest absolute Gasteiger partial charge is 0.260 e. The number of likely N-dealkylation sites (N-methyl/N-ethyl adjacent to an activating group) is 1. The largest absolute Gasteiger partial charge is 0.493 e. The first-order valence-corrected chi connectivity index (χ1v) is 8.71. The van der Waals surface area contributed by atoms with Gasteiger partial charge in [-0.3, -0.25) is 4.79 Å². The fourth-order valence-electron chi connectivity index (χ4n) is 2.50. The van der Waals surface area contributed by atoms with E-state index in [1.54, 1.807) is 23.1 Å². The number of carbonyl (C=O) groups is 1. The average molecular weight is 367 g/mol. The van der Waals surface area contributed by atoms with Crippen molar-refractivity contribution in [3.63, 3.8) is 0 Å². The Bertz CT molecular complexity index is 785. The van der Waals surface area contributed by atoms with Crippen molar-refractivity contribution in [1.29, 1.82) is 5.26 Å². The van der Waals surface area contributed by atoms with Gasteiger partial charge in [-0.25, -0.2) is 0 Å². The third kappa shape index (κ3) is 6.32. The molecule has 0 saturated carbocycles. The number of nitrogens with zero attached hydrogens (tertiary/aromatic N) is 3. The van der Waals surface area contributed by atoms with E-state index >= 15 is 0 Å². The highest BCUT2D eigenvalue weighted by molar-refractivity contribution is 5.78. The lowest BCUT2D eigenvalue weighted by Crippen LogP contribution is -2.39. The molecule has 0 aliphatic rings. The number of hydrogen-bond acceptors (Lipinski definition) is 5. The van der Waals surface area contributed by atoms with E-state index in [4.69, 9.17) is 14.7 Å². The number of rotatable bonds is 9. The Hall–Kier alpha value is -3.04. The zero-order chi connectivity index (χ0) is 19.6. The maximum Gasteiger partial charge on any atom is 0.260 e. The van der Waals surface area contributed by atoms with Crippen LogP contribution in [0, 0.1) is 11.3 Å². The van der Waals surface area contributed by atoms with E-state index in [-0.39, 0.29) is 12.5 Å². The standard InChI is InChI=1S/C21H25N3O3/c1-23(2)11-12-24(15-17-7-5-4-6-8-17)21(25)16-27-19-10-9-18(14-22)13-20(19)26-3/h4-10,13H,11-12,15-16H2,1-3H3. The Balaban J connectivity index is 2.05. The number of nitriles is 1. The molecule has 0 aliphatic heterocycles. The first kappa shape index (κ1) is 20.3. The highest BCUT2D eigenvalue weighted by atomic mass is 16.5. The summed E-state index contributed by atoms with van der Waals surface area (Å²) >= 11 is 0. The van der Waals surface area contributed by atoms with Gasteiger partial charge in [-0.05, 0) is 31.8 Å². The summed E-state index contributed by atoms with van der Waals surface area (Å²) in [6, 6.07) is 16.8. The maximum atomic E-state index is 12.7. The summed E-state index contributed by atoms with van der Waals surface area (Å²) < 4.78 is 10.9. The van der Waals surface area contributed by atoms with E-state index in [0.717, 1.165) is 12.1 Å². The number of amides is 1. The molecular formula is C21H25N3O3. The van der Waals surface area contributed by atoms with E-state index < -0.39 is 0 Å². The molecule has 6 nitrogen and oxygen atoms in total. The Morgan fingerprint density at radius 2 is 1.81 bits per heavy atom. The number of hydrogen-bond donors (Lipinski definition) is 0. The molecule has 0 aromatic heterocycles. The Morgan fingerprint density at radius 1 is 1.07 bits per heavy atom. The van der Waals surface area contributed by atoms with Gasteiger partial charge in [0.15, 0.2) is 18.1 Å². The van der Waals surface area contributed by atoms with Gasteiger partial charge >= 0.3 is 0 Å². The third-order valence-corrected chi connectivity index (χ3v) is 4.03. The van der Waals surface area contributed by atoms with Crippen LogP contribution in [0.25, 0.3) is 0 Å². The predicted molar refractivity (Wildman–Crippen MR) is 104 cm³/mol. The van der Waals surface area contributed by atoms with Crippen molar-refractivity contribution in [2.45, 2.75) is 6.54 Å². The quantitative estimate of drug-likeness (QED) is 0.681. The van der Waals surface area contributed by atoms with Crippen LogP contribution in [0.1, 0.15) is 11.1 Å². The summed E-state index contributed by atoms with van der Waals surface area (Å²) in [7, 11) is 5.45. The van der Waals surface area contributed by atoms with Crippen LogP contribution in [0.3, 0.4) is 0 Å². The van der Waals surface area contributed by atoms with Crippen molar-refractivity contribution in [2.24, 2.45) is 0 Å². The van der Waals surface area contributed by atoms with E-state index in [0.29, 0.717) is 30.2 Å². The van der Waals surface area contributed by atoms with Crippen molar-refractivity contribution in [3.8, 4) is 17.6 Å². The number of methoxy groups -OCH3 is 1. The number of benzene rings is 2. The minimum absolute atomic E-state index is 0.0947. The second-order valence-electron chi connectivity index (χ2n) is 6.37. The second kappa shape index (κ2) is 10.2. The summed E-state index contributed by atoms with van der Waals surface area (Å²) in [6.07, 6.45) is 0. The van der Waals surface area contributed by atoms with Gasteiger partial charge in [-0.15, -0.1) is 0 Å². The molecule has 0 heterocycles. The van der Waals surface area contributed by atoms with Gasteiger partial charge < -0.3 is 19.3 Å². The summed E-state index contributed by atoms with van der Waals surface area (Å²) in [5.41, 5.74) is 1.54. The first-order valence-electron chi connectivity index (χ1n) is 8.71. The number of carbonyl (C=O) groups excluding carboxylic acids is 1. The highest BCUT2D eigenvalue weighted by Gasteiger charge is 2.16. The van der Waals surface area contributed by atoms with Crippen LogP contribution in [-0.4, -0.2) is 56.6 Å². The lowest BCUT2D eigenvalue weighted by Gasteiger charge is -2.25. The van der Waals surface area contributed by atoms with Crippen molar-refractivity contribution < 1.29 is 14.3 Å². The maximum absolute atomic E-state index is 12.7. The lowest BCUT2D eigenvalue weighted by atomic mass is 10.2. The summed E-state index contributed by atoms with van der Waals surface area (Å²) in [5, 5.41) is 8.97. The van der Waals surface area contributed by atoms with E-state index in [1.165, 1.54) is 7.11 Å². The topological polar surface area (TPSA) is 65.8 Å². The van der Waals surface area contributed by atoms with Gasteiger partial charge in [0.1, 0.15) is 0 Å². The molecular weight excluding hydrogens is 342 g/mol. The number of ether oxygens (including phenoxy) is 2. The Labute approximate surface area is 160 Å². The fraction of sp³-hybridized carbons (Fsp3) is 0.333. The molecule has 142 valence electrons. The lowest BCUT2D eigenvalue weighted by molar-refractivity contribution is -0.134. The molecule has 2 aromatic carbocycles. The van der Waals surface area contributed by atoms with Crippen LogP contribution in [0.2, 0.25) is 0 Å². The molecule has 0 saturated heterocycles. The average Bonchev–Trinajstić information content (AvgIpc) is 2.69. The minimum Gasteiger partial charge on any atom is -0.493 e. The third-order valence-electron chi connectivity index (χ3n) is 4.03. The molecule has 0 unspecified atom stereocenters. The van der Waals surface area contributed by atoms with E-state index in [9.17, 15) is 4.79 Å². The minimum atomic E-state index is -0.105. The summed E-state index contributed by atoms with van der Waals surface area (Å²) in [6.45, 7) is 1.80. The summed E-state index contributed by atoms with van der Waals surface area (Å²) in [4.78, 5) is 16.6. The van der Waals surface area contributed by atoms with Gasteiger partial charge in [0.2, 0.25) is 0 Å². The van der Waals surface area contributed by atoms with Crippen molar-refractivity contribution >= 4 is 5.91 Å². The molecule has 2 aromatic rings. The Kier molecular flexibility index (Phi) is 7.65. The van der Waals surface area contributed by atoms with Crippen LogP contribution in [0.4, 0.5) is 0 Å². The van der Waals surface area contributed by atoms with E-state index in [1.807, 2.05) is 49.3 Å². The van der Waals surface area contributed by atoms with Crippen LogP contribution in [0.15, 0.2) is 48.5 Å². The SMILES string of the molecule is COc1cc(C#N)ccc1OCC(=O)N(CCN(C)C)Cc1ccccc1. The second-order valence-corrected chi connectivity index (χ2v) is 6.37. The van der Waals surface area contributed by atoms with Gasteiger partial charge in [0.05, 0.1) is 18.7 Å². The predicted octanol–water partition coefficient (Wildman–Crippen LogP) is 2.54. The Morgan fingerprint density at radius 3 is 2.44 bits per heavy atom. The molecule has 0 fully saturated rings. The molecule has 0 atom stereocenters. The van der Waals surface area contributed by atoms with Gasteiger partial charge in [0.25, 0.3) is 5.91 Å². The van der Waals surface area contributed by atoms with Crippen molar-refractivity contribution in [1.82, 2.24) is 9.80 Å². The van der Waals surface area contributed by atoms with Crippen LogP contribution in [0.5, 0.6) is 11.5 Å².